The molecule has 0 saturated carbocycles. The van der Waals surface area contributed by atoms with Crippen molar-refractivity contribution in [2.45, 2.75) is 18.8 Å². The summed E-state index contributed by atoms with van der Waals surface area (Å²) in [5, 5.41) is 3.95. The molecule has 9 heteroatoms. The van der Waals surface area contributed by atoms with Crippen molar-refractivity contribution in [2.75, 3.05) is 13.1 Å². The molecule has 0 N–H and O–H groups in total. The molecule has 6 nitrogen and oxygen atoms in total. The van der Waals surface area contributed by atoms with Crippen LogP contribution in [0.25, 0.3) is 0 Å². The van der Waals surface area contributed by atoms with Crippen LogP contribution in [0.4, 0.5) is 13.2 Å². The Bertz CT molecular complexity index is 664. The number of carbonyl (C=O) groups is 1. The highest BCUT2D eigenvalue weighted by molar-refractivity contribution is 5.76. The van der Waals surface area contributed by atoms with Crippen LogP contribution in [0.3, 0.4) is 0 Å². The van der Waals surface area contributed by atoms with Gasteiger partial charge in [-0.1, -0.05) is 0 Å². The van der Waals surface area contributed by atoms with Crippen LogP contribution in [0.5, 0.6) is 5.88 Å². The number of likely N-dealkylation sites (tertiary alicyclic amines) is 1. The van der Waals surface area contributed by atoms with E-state index in [-0.39, 0.29) is 24.4 Å². The summed E-state index contributed by atoms with van der Waals surface area (Å²) >= 11 is 0. The average molecular weight is 326 g/mol. The molecular formula is C14H13F3N4O2. The van der Waals surface area contributed by atoms with Crippen LogP contribution in [0.1, 0.15) is 5.56 Å². The Balaban J connectivity index is 1.47. The van der Waals surface area contributed by atoms with Crippen molar-refractivity contribution in [2.24, 2.45) is 0 Å². The molecule has 2 aromatic rings. The number of amides is 1. The molecule has 2 aromatic heterocycles. The van der Waals surface area contributed by atoms with Crippen molar-refractivity contribution in [3.05, 3.63) is 42.4 Å². The van der Waals surface area contributed by atoms with Crippen molar-refractivity contribution >= 4 is 5.91 Å². The first-order valence-electron chi connectivity index (χ1n) is 6.87. The van der Waals surface area contributed by atoms with Gasteiger partial charge in [-0.3, -0.25) is 9.48 Å². The van der Waals surface area contributed by atoms with Crippen LogP contribution < -0.4 is 4.74 Å². The minimum Gasteiger partial charge on any atom is -0.471 e. The number of halogens is 3. The Morgan fingerprint density at radius 2 is 2.13 bits per heavy atom. The van der Waals surface area contributed by atoms with E-state index >= 15 is 0 Å². The van der Waals surface area contributed by atoms with Gasteiger partial charge in [0.2, 0.25) is 11.8 Å². The predicted molar refractivity (Wildman–Crippen MR) is 72.5 cm³/mol. The Labute approximate surface area is 129 Å². The zero-order chi connectivity index (χ0) is 16.4. The number of alkyl halides is 3. The van der Waals surface area contributed by atoms with Gasteiger partial charge in [0.05, 0.1) is 18.7 Å². The van der Waals surface area contributed by atoms with Gasteiger partial charge in [0.25, 0.3) is 0 Å². The van der Waals surface area contributed by atoms with Crippen LogP contribution in [-0.4, -0.2) is 44.8 Å². The van der Waals surface area contributed by atoms with Gasteiger partial charge in [0.1, 0.15) is 12.6 Å². The number of rotatable bonds is 4. The SMILES string of the molecule is O=C(Cn1cccn1)N1CC(Oc2ccc(C(F)(F)F)cn2)C1. The molecule has 0 atom stereocenters. The topological polar surface area (TPSA) is 60.2 Å². The third-order valence-electron chi connectivity index (χ3n) is 3.41. The number of hydrogen-bond acceptors (Lipinski definition) is 4. The lowest BCUT2D eigenvalue weighted by Gasteiger charge is -2.38. The Kier molecular flexibility index (Phi) is 3.93. The second-order valence-electron chi connectivity index (χ2n) is 5.13. The molecule has 1 saturated heterocycles. The Hall–Kier alpha value is -2.58. The highest BCUT2D eigenvalue weighted by Gasteiger charge is 2.33. The van der Waals surface area contributed by atoms with E-state index in [9.17, 15) is 18.0 Å². The molecule has 0 aromatic carbocycles. The maximum Gasteiger partial charge on any atom is 0.417 e. The van der Waals surface area contributed by atoms with Crippen LogP contribution in [-0.2, 0) is 17.5 Å². The van der Waals surface area contributed by atoms with Gasteiger partial charge in [-0.25, -0.2) is 4.98 Å². The van der Waals surface area contributed by atoms with E-state index in [0.29, 0.717) is 13.1 Å². The number of carbonyl (C=O) groups excluding carboxylic acids is 1. The summed E-state index contributed by atoms with van der Waals surface area (Å²) < 4.78 is 44.2. The Morgan fingerprint density at radius 1 is 1.35 bits per heavy atom. The summed E-state index contributed by atoms with van der Waals surface area (Å²) in [5.74, 6) is 0.0242. The second-order valence-corrected chi connectivity index (χ2v) is 5.13. The molecule has 122 valence electrons. The van der Waals surface area contributed by atoms with Gasteiger partial charge in [-0.15, -0.1) is 0 Å². The molecule has 0 aliphatic carbocycles. The minimum absolute atomic E-state index is 0.0890. The van der Waals surface area contributed by atoms with Crippen molar-refractivity contribution in [1.82, 2.24) is 19.7 Å². The molecule has 3 heterocycles. The van der Waals surface area contributed by atoms with E-state index in [2.05, 4.69) is 10.1 Å². The fraction of sp³-hybridized carbons (Fsp3) is 0.357. The van der Waals surface area contributed by atoms with E-state index < -0.39 is 11.7 Å². The summed E-state index contributed by atoms with van der Waals surface area (Å²) in [6.07, 6.45) is -0.670. The number of ether oxygens (including phenoxy) is 1. The minimum atomic E-state index is -4.42. The first-order valence-corrected chi connectivity index (χ1v) is 6.87. The largest absolute Gasteiger partial charge is 0.471 e. The lowest BCUT2D eigenvalue weighted by molar-refractivity contribution is -0.141. The van der Waals surface area contributed by atoms with E-state index in [4.69, 9.17) is 4.74 Å². The molecule has 23 heavy (non-hydrogen) atoms. The number of nitrogens with zero attached hydrogens (tertiary/aromatic N) is 4. The third kappa shape index (κ3) is 3.61. The maximum atomic E-state index is 12.4. The standard InChI is InChI=1S/C14H13F3N4O2/c15-14(16,17)10-2-3-12(18-6-10)23-11-7-20(8-11)13(22)9-21-5-1-4-19-21/h1-6,11H,7-9H2. The second kappa shape index (κ2) is 5.90. The molecule has 0 radical (unpaired) electrons. The first kappa shape index (κ1) is 15.3. The summed E-state index contributed by atoms with van der Waals surface area (Å²) in [5.41, 5.74) is -0.825. The van der Waals surface area contributed by atoms with E-state index in [0.717, 1.165) is 12.3 Å². The summed E-state index contributed by atoms with van der Waals surface area (Å²) in [4.78, 5) is 17.1. The molecule has 3 rings (SSSR count). The quantitative estimate of drug-likeness (QED) is 0.856. The van der Waals surface area contributed by atoms with E-state index in [1.807, 2.05) is 0 Å². The zero-order valence-corrected chi connectivity index (χ0v) is 11.9. The smallest absolute Gasteiger partial charge is 0.417 e. The lowest BCUT2D eigenvalue weighted by atomic mass is 10.1. The molecule has 0 bridgehead atoms. The van der Waals surface area contributed by atoms with Crippen LogP contribution in [0, 0.1) is 0 Å². The number of pyridine rings is 1. The third-order valence-corrected chi connectivity index (χ3v) is 3.41. The molecule has 0 unspecified atom stereocenters. The van der Waals surface area contributed by atoms with Crippen LogP contribution in [0.2, 0.25) is 0 Å². The molecule has 1 amide bonds. The first-order chi connectivity index (χ1) is 10.9. The van der Waals surface area contributed by atoms with Crippen molar-refractivity contribution in [3.63, 3.8) is 0 Å². The Morgan fingerprint density at radius 3 is 2.70 bits per heavy atom. The average Bonchev–Trinajstić information content (AvgIpc) is 2.94. The molecule has 0 spiro atoms. The normalized spacial score (nSPS) is 15.3. The zero-order valence-electron chi connectivity index (χ0n) is 11.9. The van der Waals surface area contributed by atoms with Gasteiger partial charge in [0, 0.05) is 24.7 Å². The monoisotopic (exact) mass is 326 g/mol. The van der Waals surface area contributed by atoms with Gasteiger partial charge in [0.15, 0.2) is 0 Å². The summed E-state index contributed by atoms with van der Waals surface area (Å²) in [6.45, 7) is 0.907. The highest BCUT2D eigenvalue weighted by Crippen LogP contribution is 2.29. The molecular weight excluding hydrogens is 313 g/mol. The lowest BCUT2D eigenvalue weighted by Crippen LogP contribution is -2.57. The van der Waals surface area contributed by atoms with Gasteiger partial charge in [-0.05, 0) is 12.1 Å². The summed E-state index contributed by atoms with van der Waals surface area (Å²) in [6, 6.07) is 3.82. The van der Waals surface area contributed by atoms with Crippen molar-refractivity contribution in [3.8, 4) is 5.88 Å². The van der Waals surface area contributed by atoms with Gasteiger partial charge in [-0.2, -0.15) is 18.3 Å². The van der Waals surface area contributed by atoms with Crippen molar-refractivity contribution < 1.29 is 22.7 Å². The number of hydrogen-bond donors (Lipinski definition) is 0. The molecule has 1 aliphatic rings. The van der Waals surface area contributed by atoms with E-state index in [1.54, 1.807) is 23.4 Å². The number of aromatic nitrogens is 3. The molecule has 1 aliphatic heterocycles. The van der Waals surface area contributed by atoms with Crippen LogP contribution >= 0.6 is 0 Å². The van der Waals surface area contributed by atoms with Crippen molar-refractivity contribution in [1.29, 1.82) is 0 Å². The predicted octanol–water partition coefficient (Wildman–Crippen LogP) is 1.59. The maximum absolute atomic E-state index is 12.4. The fourth-order valence-electron chi connectivity index (χ4n) is 2.14. The fourth-order valence-corrected chi connectivity index (χ4v) is 2.14. The van der Waals surface area contributed by atoms with Gasteiger partial charge < -0.3 is 9.64 Å². The van der Waals surface area contributed by atoms with E-state index in [1.165, 1.54) is 10.7 Å². The summed E-state index contributed by atoms with van der Waals surface area (Å²) in [7, 11) is 0. The highest BCUT2D eigenvalue weighted by atomic mass is 19.4. The van der Waals surface area contributed by atoms with Gasteiger partial charge >= 0.3 is 6.18 Å². The molecule has 1 fully saturated rings. The van der Waals surface area contributed by atoms with Crippen LogP contribution in [0.15, 0.2) is 36.8 Å².